The van der Waals surface area contributed by atoms with E-state index in [9.17, 15) is 0 Å². The lowest BCUT2D eigenvalue weighted by atomic mass is 10.2. The topological polar surface area (TPSA) is 24.9 Å². The van der Waals surface area contributed by atoms with Crippen molar-refractivity contribution in [2.24, 2.45) is 0 Å². The SMILES string of the molecule is CCCNC(CCSC)c1nc(CC)c(C)s1. The van der Waals surface area contributed by atoms with Gasteiger partial charge < -0.3 is 5.32 Å². The molecule has 1 aromatic heterocycles. The molecule has 1 N–H and O–H groups in total. The number of rotatable bonds is 8. The Morgan fingerprint density at radius 3 is 2.71 bits per heavy atom. The van der Waals surface area contributed by atoms with Crippen LogP contribution in [0.1, 0.15) is 48.3 Å². The number of aryl methyl sites for hydroxylation is 2. The van der Waals surface area contributed by atoms with Crippen LogP contribution in [0, 0.1) is 6.92 Å². The van der Waals surface area contributed by atoms with Crippen molar-refractivity contribution in [2.75, 3.05) is 18.6 Å². The highest BCUT2D eigenvalue weighted by Gasteiger charge is 2.16. The minimum atomic E-state index is 0.450. The van der Waals surface area contributed by atoms with Gasteiger partial charge in [-0.3, -0.25) is 0 Å². The van der Waals surface area contributed by atoms with Gasteiger partial charge in [-0.25, -0.2) is 4.98 Å². The summed E-state index contributed by atoms with van der Waals surface area (Å²) in [5.41, 5.74) is 1.28. The van der Waals surface area contributed by atoms with Gasteiger partial charge in [-0.05, 0) is 44.7 Å². The summed E-state index contributed by atoms with van der Waals surface area (Å²) >= 11 is 3.78. The number of hydrogen-bond acceptors (Lipinski definition) is 4. The molecule has 0 aromatic carbocycles. The van der Waals surface area contributed by atoms with Gasteiger partial charge in [0, 0.05) is 4.88 Å². The molecule has 4 heteroatoms. The van der Waals surface area contributed by atoms with Crippen molar-refractivity contribution in [3.8, 4) is 0 Å². The zero-order chi connectivity index (χ0) is 12.7. The van der Waals surface area contributed by atoms with Crippen molar-refractivity contribution in [3.05, 3.63) is 15.6 Å². The molecular weight excluding hydrogens is 248 g/mol. The van der Waals surface area contributed by atoms with Crippen LogP contribution in [0.3, 0.4) is 0 Å². The third kappa shape index (κ3) is 4.60. The fraction of sp³-hybridized carbons (Fsp3) is 0.769. The Labute approximate surface area is 114 Å². The van der Waals surface area contributed by atoms with E-state index in [-0.39, 0.29) is 0 Å². The molecule has 0 aliphatic heterocycles. The third-order valence-electron chi connectivity index (χ3n) is 2.79. The summed E-state index contributed by atoms with van der Waals surface area (Å²) in [7, 11) is 0. The van der Waals surface area contributed by atoms with Crippen LogP contribution in [0.15, 0.2) is 0 Å². The van der Waals surface area contributed by atoms with Gasteiger partial charge in [0.25, 0.3) is 0 Å². The zero-order valence-electron chi connectivity index (χ0n) is 11.4. The van der Waals surface area contributed by atoms with E-state index in [0.29, 0.717) is 6.04 Å². The van der Waals surface area contributed by atoms with Crippen molar-refractivity contribution in [2.45, 2.75) is 46.1 Å². The lowest BCUT2D eigenvalue weighted by molar-refractivity contribution is 0.518. The van der Waals surface area contributed by atoms with Crippen LogP contribution < -0.4 is 5.32 Å². The molecule has 0 aliphatic carbocycles. The van der Waals surface area contributed by atoms with E-state index < -0.39 is 0 Å². The molecule has 0 saturated heterocycles. The minimum absolute atomic E-state index is 0.450. The molecule has 0 bridgehead atoms. The van der Waals surface area contributed by atoms with Crippen molar-refractivity contribution in [1.82, 2.24) is 10.3 Å². The maximum atomic E-state index is 4.78. The van der Waals surface area contributed by atoms with Crippen LogP contribution in [-0.4, -0.2) is 23.5 Å². The van der Waals surface area contributed by atoms with Crippen LogP contribution in [0.4, 0.5) is 0 Å². The summed E-state index contributed by atoms with van der Waals surface area (Å²) in [6.07, 6.45) is 5.57. The average Bonchev–Trinajstić information content (AvgIpc) is 2.70. The van der Waals surface area contributed by atoms with Crippen LogP contribution in [0.2, 0.25) is 0 Å². The van der Waals surface area contributed by atoms with Gasteiger partial charge in [0.15, 0.2) is 0 Å². The van der Waals surface area contributed by atoms with E-state index in [1.54, 1.807) is 0 Å². The maximum Gasteiger partial charge on any atom is 0.110 e. The second-order valence-corrected chi connectivity index (χ2v) is 6.42. The van der Waals surface area contributed by atoms with Crippen molar-refractivity contribution < 1.29 is 0 Å². The summed E-state index contributed by atoms with van der Waals surface area (Å²) in [4.78, 5) is 6.17. The van der Waals surface area contributed by atoms with Gasteiger partial charge in [-0.15, -0.1) is 11.3 Å². The minimum Gasteiger partial charge on any atom is -0.308 e. The highest BCUT2D eigenvalue weighted by molar-refractivity contribution is 7.98. The lowest BCUT2D eigenvalue weighted by Gasteiger charge is -2.15. The summed E-state index contributed by atoms with van der Waals surface area (Å²) in [6, 6.07) is 0.450. The second kappa shape index (κ2) is 8.11. The fourth-order valence-corrected chi connectivity index (χ4v) is 3.39. The smallest absolute Gasteiger partial charge is 0.110 e. The van der Waals surface area contributed by atoms with Gasteiger partial charge in [0.05, 0.1) is 11.7 Å². The predicted molar refractivity (Wildman–Crippen MR) is 80.3 cm³/mol. The predicted octanol–water partition coefficient (Wildman–Crippen LogP) is 3.81. The van der Waals surface area contributed by atoms with Crippen LogP contribution in [0.5, 0.6) is 0 Å². The molecule has 17 heavy (non-hydrogen) atoms. The Hall–Kier alpha value is -0.0600. The average molecular weight is 272 g/mol. The molecule has 1 atom stereocenters. The van der Waals surface area contributed by atoms with Gasteiger partial charge in [-0.2, -0.15) is 11.8 Å². The van der Waals surface area contributed by atoms with Crippen molar-refractivity contribution in [3.63, 3.8) is 0 Å². The van der Waals surface area contributed by atoms with E-state index >= 15 is 0 Å². The third-order valence-corrected chi connectivity index (χ3v) is 4.56. The molecule has 0 spiro atoms. The van der Waals surface area contributed by atoms with Gasteiger partial charge in [0.1, 0.15) is 5.01 Å². The Kier molecular flexibility index (Phi) is 7.16. The number of hydrogen-bond donors (Lipinski definition) is 1. The number of nitrogens with zero attached hydrogens (tertiary/aromatic N) is 1. The Bertz CT molecular complexity index is 315. The van der Waals surface area contributed by atoms with Crippen LogP contribution in [-0.2, 0) is 6.42 Å². The monoisotopic (exact) mass is 272 g/mol. The first-order valence-corrected chi connectivity index (χ1v) is 8.62. The zero-order valence-corrected chi connectivity index (χ0v) is 13.0. The Balaban J connectivity index is 2.71. The molecule has 0 saturated carbocycles. The van der Waals surface area contributed by atoms with Gasteiger partial charge in [0.2, 0.25) is 0 Å². The first-order valence-electron chi connectivity index (χ1n) is 6.41. The lowest BCUT2D eigenvalue weighted by Crippen LogP contribution is -2.22. The fourth-order valence-electron chi connectivity index (χ4n) is 1.79. The van der Waals surface area contributed by atoms with E-state index in [2.05, 4.69) is 32.3 Å². The summed E-state index contributed by atoms with van der Waals surface area (Å²) in [5, 5.41) is 4.90. The Morgan fingerprint density at radius 2 is 2.18 bits per heavy atom. The molecule has 1 aromatic rings. The molecule has 0 aliphatic rings. The van der Waals surface area contributed by atoms with Gasteiger partial charge in [-0.1, -0.05) is 13.8 Å². The molecule has 2 nitrogen and oxygen atoms in total. The van der Waals surface area contributed by atoms with E-state index in [4.69, 9.17) is 4.98 Å². The molecule has 1 rings (SSSR count). The van der Waals surface area contributed by atoms with Crippen LogP contribution >= 0.6 is 23.1 Å². The first-order chi connectivity index (χ1) is 8.22. The standard InChI is InChI=1S/C13H24N2S2/c1-5-8-14-12(7-9-16-4)13-15-11(6-2)10(3)17-13/h12,14H,5-9H2,1-4H3. The highest BCUT2D eigenvalue weighted by Crippen LogP contribution is 2.26. The number of thioether (sulfide) groups is 1. The molecule has 0 amide bonds. The van der Waals surface area contributed by atoms with Crippen LogP contribution in [0.25, 0.3) is 0 Å². The van der Waals surface area contributed by atoms with E-state index in [1.165, 1.54) is 34.2 Å². The number of nitrogens with one attached hydrogen (secondary N) is 1. The molecular formula is C13H24N2S2. The first kappa shape index (κ1) is 15.0. The maximum absolute atomic E-state index is 4.78. The Morgan fingerprint density at radius 1 is 1.41 bits per heavy atom. The molecule has 0 fully saturated rings. The normalized spacial score (nSPS) is 12.9. The number of thiazole rings is 1. The van der Waals surface area contributed by atoms with Crippen molar-refractivity contribution >= 4 is 23.1 Å². The molecule has 1 unspecified atom stereocenters. The van der Waals surface area contributed by atoms with E-state index in [1.807, 2.05) is 23.1 Å². The quantitative estimate of drug-likeness (QED) is 0.779. The molecule has 1 heterocycles. The number of aromatic nitrogens is 1. The molecule has 98 valence electrons. The van der Waals surface area contributed by atoms with E-state index in [0.717, 1.165) is 13.0 Å². The van der Waals surface area contributed by atoms with Crippen molar-refractivity contribution in [1.29, 1.82) is 0 Å². The summed E-state index contributed by atoms with van der Waals surface area (Å²) in [5.74, 6) is 1.20. The second-order valence-electron chi connectivity index (χ2n) is 4.20. The largest absolute Gasteiger partial charge is 0.308 e. The van der Waals surface area contributed by atoms with Gasteiger partial charge >= 0.3 is 0 Å². The summed E-state index contributed by atoms with van der Waals surface area (Å²) < 4.78 is 0. The molecule has 0 radical (unpaired) electrons. The summed E-state index contributed by atoms with van der Waals surface area (Å²) in [6.45, 7) is 7.66. The highest BCUT2D eigenvalue weighted by atomic mass is 32.2.